The smallest absolute Gasteiger partial charge is 0.340 e. The normalized spacial score (nSPS) is 10.2. The summed E-state index contributed by atoms with van der Waals surface area (Å²) in [6, 6.07) is 8.60. The maximum Gasteiger partial charge on any atom is 0.340 e. The highest BCUT2D eigenvalue weighted by Gasteiger charge is 2.23. The minimum atomic E-state index is -0.506. The molecular weight excluding hydrogens is 322 g/mol. The topological polar surface area (TPSA) is 104 Å². The Morgan fingerprint density at radius 2 is 2.04 bits per heavy atom. The number of carbonyl (C=O) groups excluding carboxylic acids is 2. The van der Waals surface area contributed by atoms with E-state index >= 15 is 0 Å². The highest BCUT2D eigenvalue weighted by atomic mass is 16.6. The Balaban J connectivity index is 2.19. The molecule has 1 heterocycles. The quantitative estimate of drug-likeness (QED) is 0.621. The van der Waals surface area contributed by atoms with E-state index in [1.807, 2.05) is 6.07 Å². The highest BCUT2D eigenvalue weighted by Crippen LogP contribution is 2.20. The van der Waals surface area contributed by atoms with Crippen molar-refractivity contribution < 1.29 is 19.1 Å². The molecule has 0 aliphatic rings. The van der Waals surface area contributed by atoms with E-state index in [2.05, 4.69) is 10.3 Å². The zero-order valence-corrected chi connectivity index (χ0v) is 14.3. The van der Waals surface area contributed by atoms with Crippen LogP contribution >= 0.6 is 0 Å². The van der Waals surface area contributed by atoms with Gasteiger partial charge in [0.05, 0.1) is 23.8 Å². The summed E-state index contributed by atoms with van der Waals surface area (Å²) in [5, 5.41) is 11.6. The number of rotatable bonds is 6. The molecule has 0 bridgehead atoms. The van der Waals surface area contributed by atoms with E-state index in [1.165, 1.54) is 7.11 Å². The highest BCUT2D eigenvalue weighted by molar-refractivity contribution is 6.06. The van der Waals surface area contributed by atoms with Crippen molar-refractivity contribution >= 4 is 17.6 Å². The summed E-state index contributed by atoms with van der Waals surface area (Å²) in [6.07, 6.45) is 0. The monoisotopic (exact) mass is 341 g/mol. The molecule has 0 atom stereocenters. The summed E-state index contributed by atoms with van der Waals surface area (Å²) >= 11 is 0. The first-order chi connectivity index (χ1) is 12.0. The zero-order chi connectivity index (χ0) is 18.4. The van der Waals surface area contributed by atoms with Gasteiger partial charge in [0, 0.05) is 18.5 Å². The molecule has 0 radical (unpaired) electrons. The Bertz CT molecular complexity index is 833. The number of anilines is 1. The molecule has 1 amide bonds. The number of aromatic nitrogens is 1. The molecule has 2 N–H and O–H groups in total. The van der Waals surface area contributed by atoms with E-state index in [0.29, 0.717) is 34.7 Å². The van der Waals surface area contributed by atoms with Crippen LogP contribution in [-0.2, 0) is 9.47 Å². The van der Waals surface area contributed by atoms with Crippen LogP contribution < -0.4 is 5.32 Å². The lowest BCUT2D eigenvalue weighted by Crippen LogP contribution is -2.14. The third kappa shape index (κ3) is 4.25. The molecule has 2 aromatic rings. The number of H-pyrrole nitrogens is 1. The number of methoxy groups -OCH3 is 1. The van der Waals surface area contributed by atoms with Gasteiger partial charge in [-0.25, -0.2) is 4.79 Å². The minimum absolute atomic E-state index is 0.141. The van der Waals surface area contributed by atoms with Gasteiger partial charge in [-0.3, -0.25) is 4.79 Å². The van der Waals surface area contributed by atoms with Crippen molar-refractivity contribution in [1.29, 1.82) is 5.26 Å². The van der Waals surface area contributed by atoms with Crippen LogP contribution in [0.4, 0.5) is 5.69 Å². The number of hydrogen-bond donors (Lipinski definition) is 2. The molecule has 25 heavy (non-hydrogen) atoms. The number of nitrogens with one attached hydrogen (secondary N) is 2. The van der Waals surface area contributed by atoms with Crippen LogP contribution in [0.2, 0.25) is 0 Å². The van der Waals surface area contributed by atoms with Gasteiger partial charge in [0.15, 0.2) is 0 Å². The van der Waals surface area contributed by atoms with Crippen LogP contribution in [0.15, 0.2) is 24.3 Å². The van der Waals surface area contributed by atoms with Crippen LogP contribution in [0.1, 0.15) is 37.7 Å². The van der Waals surface area contributed by atoms with Gasteiger partial charge in [-0.1, -0.05) is 6.07 Å². The van der Waals surface area contributed by atoms with Crippen molar-refractivity contribution in [2.45, 2.75) is 13.8 Å². The maximum atomic E-state index is 12.5. The second kappa shape index (κ2) is 8.13. The van der Waals surface area contributed by atoms with Crippen LogP contribution in [0.25, 0.3) is 0 Å². The van der Waals surface area contributed by atoms with Crippen molar-refractivity contribution in [2.24, 2.45) is 0 Å². The third-order valence-corrected chi connectivity index (χ3v) is 3.64. The van der Waals surface area contributed by atoms with Crippen molar-refractivity contribution in [1.82, 2.24) is 4.98 Å². The van der Waals surface area contributed by atoms with Crippen LogP contribution in [-0.4, -0.2) is 37.2 Å². The molecule has 1 aromatic heterocycles. The first-order valence-electron chi connectivity index (χ1n) is 7.64. The number of nitrogens with zero attached hydrogens (tertiary/aromatic N) is 1. The van der Waals surface area contributed by atoms with Crippen LogP contribution in [0, 0.1) is 25.2 Å². The second-order valence-corrected chi connectivity index (χ2v) is 5.40. The standard InChI is InChI=1S/C18H19N3O4/c1-11-15(18(23)25-8-7-24-3)12(2)20-16(11)17(22)21-14-6-4-5-13(9-14)10-19/h4-6,9,20H,7-8H2,1-3H3,(H,21,22). The number of nitriles is 1. The number of aryl methyl sites for hydroxylation is 1. The summed E-state index contributed by atoms with van der Waals surface area (Å²) in [4.78, 5) is 27.6. The van der Waals surface area contributed by atoms with Gasteiger partial charge in [0.2, 0.25) is 0 Å². The van der Waals surface area contributed by atoms with E-state index < -0.39 is 11.9 Å². The summed E-state index contributed by atoms with van der Waals surface area (Å²) < 4.78 is 9.97. The van der Waals surface area contributed by atoms with Gasteiger partial charge in [-0.15, -0.1) is 0 Å². The Labute approximate surface area is 145 Å². The molecule has 2 rings (SSSR count). The van der Waals surface area contributed by atoms with Crippen LogP contribution in [0.3, 0.4) is 0 Å². The number of esters is 1. The summed E-state index contributed by atoms with van der Waals surface area (Å²) in [7, 11) is 1.52. The fourth-order valence-electron chi connectivity index (χ4n) is 2.43. The maximum absolute atomic E-state index is 12.5. The van der Waals surface area contributed by atoms with Crippen molar-refractivity contribution in [3.63, 3.8) is 0 Å². The summed E-state index contributed by atoms with van der Waals surface area (Å²) in [5.41, 5.74) is 2.62. The number of ether oxygens (including phenoxy) is 2. The first-order valence-corrected chi connectivity index (χ1v) is 7.64. The van der Waals surface area contributed by atoms with Gasteiger partial charge in [-0.05, 0) is 37.6 Å². The summed E-state index contributed by atoms with van der Waals surface area (Å²) in [5.74, 6) is -0.902. The number of benzene rings is 1. The van der Waals surface area contributed by atoms with Crippen molar-refractivity contribution in [3.05, 3.63) is 52.3 Å². The number of amides is 1. The van der Waals surface area contributed by atoms with Gasteiger partial charge in [0.1, 0.15) is 12.3 Å². The van der Waals surface area contributed by atoms with E-state index in [9.17, 15) is 9.59 Å². The molecule has 7 heteroatoms. The van der Waals surface area contributed by atoms with E-state index in [4.69, 9.17) is 14.7 Å². The Morgan fingerprint density at radius 1 is 1.28 bits per heavy atom. The van der Waals surface area contributed by atoms with E-state index in [1.54, 1.807) is 38.1 Å². The van der Waals surface area contributed by atoms with E-state index in [0.717, 1.165) is 0 Å². The molecule has 0 fully saturated rings. The van der Waals surface area contributed by atoms with Gasteiger partial charge >= 0.3 is 5.97 Å². The predicted octanol–water partition coefficient (Wildman–Crippen LogP) is 2.56. The third-order valence-electron chi connectivity index (χ3n) is 3.64. The van der Waals surface area contributed by atoms with E-state index in [-0.39, 0.29) is 12.3 Å². The molecule has 1 aromatic carbocycles. The minimum Gasteiger partial charge on any atom is -0.460 e. The van der Waals surface area contributed by atoms with Crippen molar-refractivity contribution in [3.8, 4) is 6.07 Å². The zero-order valence-electron chi connectivity index (χ0n) is 14.3. The molecule has 0 saturated carbocycles. The van der Waals surface area contributed by atoms with Crippen LogP contribution in [0.5, 0.6) is 0 Å². The molecule has 0 unspecified atom stereocenters. The lowest BCUT2D eigenvalue weighted by Gasteiger charge is -2.06. The number of hydrogen-bond acceptors (Lipinski definition) is 5. The average Bonchev–Trinajstić information content (AvgIpc) is 2.90. The Kier molecular flexibility index (Phi) is 5.93. The van der Waals surface area contributed by atoms with Gasteiger partial charge < -0.3 is 19.8 Å². The lowest BCUT2D eigenvalue weighted by atomic mass is 10.1. The second-order valence-electron chi connectivity index (χ2n) is 5.40. The Hall–Kier alpha value is -3.11. The molecule has 130 valence electrons. The number of carbonyl (C=O) groups is 2. The lowest BCUT2D eigenvalue weighted by molar-refractivity contribution is 0.0387. The van der Waals surface area contributed by atoms with Gasteiger partial charge in [0.25, 0.3) is 5.91 Å². The fraction of sp³-hybridized carbons (Fsp3) is 0.278. The fourth-order valence-corrected chi connectivity index (χ4v) is 2.43. The predicted molar refractivity (Wildman–Crippen MR) is 91.5 cm³/mol. The average molecular weight is 341 g/mol. The first kappa shape index (κ1) is 18.2. The van der Waals surface area contributed by atoms with Crippen molar-refractivity contribution in [2.75, 3.05) is 25.6 Å². The van der Waals surface area contributed by atoms with Gasteiger partial charge in [-0.2, -0.15) is 5.26 Å². The molecule has 0 aliphatic carbocycles. The SMILES string of the molecule is COCCOC(=O)c1c(C)[nH]c(C(=O)Nc2cccc(C#N)c2)c1C. The molecule has 7 nitrogen and oxygen atoms in total. The molecule has 0 saturated heterocycles. The molecule has 0 spiro atoms. The number of aromatic amines is 1. The largest absolute Gasteiger partial charge is 0.460 e. The molecule has 0 aliphatic heterocycles. The molecular formula is C18H19N3O4. The Morgan fingerprint density at radius 3 is 2.72 bits per heavy atom. The summed E-state index contributed by atoms with van der Waals surface area (Å²) in [6.45, 7) is 3.82.